The van der Waals surface area contributed by atoms with Crippen LogP contribution in [-0.4, -0.2) is 43.1 Å². The van der Waals surface area contributed by atoms with E-state index in [1.165, 1.54) is 39.3 Å². The zero-order valence-electron chi connectivity index (χ0n) is 14.8. The van der Waals surface area contributed by atoms with E-state index in [9.17, 15) is 29.0 Å². The Labute approximate surface area is 167 Å². The number of benzene rings is 1. The Morgan fingerprint density at radius 1 is 1.28 bits per heavy atom. The third-order valence-corrected chi connectivity index (χ3v) is 5.49. The maximum atomic E-state index is 13.4. The van der Waals surface area contributed by atoms with Crippen LogP contribution < -0.4 is 5.43 Å². The predicted octanol–water partition coefficient (Wildman–Crippen LogP) is 2.17. The number of fused-ring (bicyclic) bond motifs is 1. The Balaban J connectivity index is 1.71. The number of hydrogen-bond acceptors (Lipinski definition) is 6. The standard InChI is InChI=1S/C19H14FN3O5S/c20-11-2-1-10(12(7-11)19(27)28)8-23-5-4-22-9-13(17-21-3-6-29-17)15(24)16(25)14(22)18(23)26/h1-3,6-7,9,25H,4-5,8H2,(H,27,28). The zero-order valence-corrected chi connectivity index (χ0v) is 15.6. The molecule has 148 valence electrons. The van der Waals surface area contributed by atoms with Crippen molar-refractivity contribution in [3.8, 4) is 16.3 Å². The summed E-state index contributed by atoms with van der Waals surface area (Å²) in [5.41, 5.74) is -0.657. The highest BCUT2D eigenvalue weighted by Gasteiger charge is 2.30. The molecule has 0 bridgehead atoms. The lowest BCUT2D eigenvalue weighted by molar-refractivity contribution is 0.0659. The molecule has 29 heavy (non-hydrogen) atoms. The lowest BCUT2D eigenvalue weighted by Crippen LogP contribution is -2.41. The summed E-state index contributed by atoms with van der Waals surface area (Å²) in [6.45, 7) is 0.418. The summed E-state index contributed by atoms with van der Waals surface area (Å²) in [4.78, 5) is 42.2. The summed E-state index contributed by atoms with van der Waals surface area (Å²) in [5.74, 6) is -3.29. The first kappa shape index (κ1) is 18.8. The van der Waals surface area contributed by atoms with Gasteiger partial charge in [0.15, 0.2) is 11.4 Å². The van der Waals surface area contributed by atoms with Crippen molar-refractivity contribution in [1.82, 2.24) is 14.5 Å². The zero-order chi connectivity index (χ0) is 20.7. The first-order chi connectivity index (χ1) is 13.9. The van der Waals surface area contributed by atoms with Crippen LogP contribution in [0.3, 0.4) is 0 Å². The smallest absolute Gasteiger partial charge is 0.336 e. The van der Waals surface area contributed by atoms with Gasteiger partial charge in [-0.1, -0.05) is 6.07 Å². The van der Waals surface area contributed by atoms with Crippen molar-refractivity contribution in [2.75, 3.05) is 6.54 Å². The Morgan fingerprint density at radius 3 is 2.76 bits per heavy atom. The van der Waals surface area contributed by atoms with Crippen molar-refractivity contribution in [2.24, 2.45) is 0 Å². The summed E-state index contributed by atoms with van der Waals surface area (Å²) in [6.07, 6.45) is 3.03. The van der Waals surface area contributed by atoms with E-state index in [1.807, 2.05) is 0 Å². The van der Waals surface area contributed by atoms with Crippen molar-refractivity contribution >= 4 is 23.2 Å². The van der Waals surface area contributed by atoms with Gasteiger partial charge in [-0.05, 0) is 17.7 Å². The van der Waals surface area contributed by atoms with Gasteiger partial charge >= 0.3 is 5.97 Å². The van der Waals surface area contributed by atoms with Gasteiger partial charge in [0.2, 0.25) is 5.43 Å². The highest BCUT2D eigenvalue weighted by Crippen LogP contribution is 2.27. The molecule has 10 heteroatoms. The topological polar surface area (TPSA) is 113 Å². The number of thiazole rings is 1. The number of hydrogen-bond donors (Lipinski definition) is 2. The van der Waals surface area contributed by atoms with E-state index in [4.69, 9.17) is 0 Å². The summed E-state index contributed by atoms with van der Waals surface area (Å²) in [5, 5.41) is 21.8. The van der Waals surface area contributed by atoms with Gasteiger partial charge in [0.1, 0.15) is 10.8 Å². The van der Waals surface area contributed by atoms with Gasteiger partial charge in [-0.3, -0.25) is 9.59 Å². The SMILES string of the molecule is O=C(O)c1cc(F)ccc1CN1CCn2cc(-c3nccs3)c(=O)c(O)c2C1=O. The van der Waals surface area contributed by atoms with Gasteiger partial charge in [-0.2, -0.15) is 0 Å². The quantitative estimate of drug-likeness (QED) is 0.675. The molecule has 0 spiro atoms. The lowest BCUT2D eigenvalue weighted by Gasteiger charge is -2.30. The minimum atomic E-state index is -1.31. The van der Waals surface area contributed by atoms with E-state index in [-0.39, 0.29) is 42.0 Å². The average molecular weight is 415 g/mol. The summed E-state index contributed by atoms with van der Waals surface area (Å²) in [7, 11) is 0. The molecule has 0 fully saturated rings. The van der Waals surface area contributed by atoms with Gasteiger partial charge in [0.25, 0.3) is 5.91 Å². The molecular weight excluding hydrogens is 401 g/mol. The van der Waals surface area contributed by atoms with E-state index in [0.29, 0.717) is 5.01 Å². The van der Waals surface area contributed by atoms with Crippen LogP contribution in [0.1, 0.15) is 26.4 Å². The molecule has 1 aliphatic heterocycles. The Morgan fingerprint density at radius 2 is 2.07 bits per heavy atom. The number of pyridine rings is 1. The third kappa shape index (κ3) is 3.27. The summed E-state index contributed by atoms with van der Waals surface area (Å²) < 4.78 is 14.9. The molecule has 2 aromatic heterocycles. The Hall–Kier alpha value is -3.53. The fourth-order valence-electron chi connectivity index (χ4n) is 3.28. The number of carboxylic acid groups (broad SMARTS) is 1. The highest BCUT2D eigenvalue weighted by molar-refractivity contribution is 7.13. The maximum absolute atomic E-state index is 13.4. The van der Waals surface area contributed by atoms with Crippen LogP contribution in [0, 0.1) is 5.82 Å². The van der Waals surface area contributed by atoms with Crippen LogP contribution in [0.25, 0.3) is 10.6 Å². The van der Waals surface area contributed by atoms with E-state index < -0.39 is 28.9 Å². The molecule has 1 aromatic carbocycles. The Bertz CT molecular complexity index is 1190. The minimum Gasteiger partial charge on any atom is -0.503 e. The Kier molecular flexibility index (Phi) is 4.63. The molecule has 4 rings (SSSR count). The van der Waals surface area contributed by atoms with Crippen LogP contribution in [-0.2, 0) is 13.1 Å². The number of nitrogens with zero attached hydrogens (tertiary/aromatic N) is 3. The molecule has 0 aliphatic carbocycles. The van der Waals surface area contributed by atoms with E-state index in [0.717, 1.165) is 12.1 Å². The second-order valence-corrected chi connectivity index (χ2v) is 7.33. The van der Waals surface area contributed by atoms with Crippen molar-refractivity contribution in [3.63, 3.8) is 0 Å². The maximum Gasteiger partial charge on any atom is 0.336 e. The number of aromatic carboxylic acids is 1. The predicted molar refractivity (Wildman–Crippen MR) is 102 cm³/mol. The molecule has 2 N–H and O–H groups in total. The van der Waals surface area contributed by atoms with Crippen LogP contribution in [0.5, 0.6) is 5.75 Å². The average Bonchev–Trinajstić information content (AvgIpc) is 3.22. The largest absolute Gasteiger partial charge is 0.503 e. The monoisotopic (exact) mass is 415 g/mol. The fourth-order valence-corrected chi connectivity index (χ4v) is 3.93. The molecule has 3 aromatic rings. The number of carbonyl (C=O) groups is 2. The molecule has 3 heterocycles. The molecule has 0 atom stereocenters. The van der Waals surface area contributed by atoms with Crippen molar-refractivity contribution in [2.45, 2.75) is 13.1 Å². The van der Waals surface area contributed by atoms with Gasteiger partial charge < -0.3 is 19.7 Å². The third-order valence-electron chi connectivity index (χ3n) is 4.68. The second kappa shape index (κ2) is 7.13. The summed E-state index contributed by atoms with van der Waals surface area (Å²) in [6, 6.07) is 3.31. The van der Waals surface area contributed by atoms with Crippen molar-refractivity contribution in [3.05, 3.63) is 68.8 Å². The number of aromatic hydroxyl groups is 1. The van der Waals surface area contributed by atoms with E-state index in [2.05, 4.69) is 4.98 Å². The fraction of sp³-hybridized carbons (Fsp3) is 0.158. The molecule has 0 radical (unpaired) electrons. The molecule has 0 saturated heterocycles. The van der Waals surface area contributed by atoms with Gasteiger partial charge in [0.05, 0.1) is 11.1 Å². The molecule has 8 nitrogen and oxygen atoms in total. The number of rotatable bonds is 4. The lowest BCUT2D eigenvalue weighted by atomic mass is 10.1. The second-order valence-electron chi connectivity index (χ2n) is 6.43. The normalized spacial score (nSPS) is 13.4. The van der Waals surface area contributed by atoms with Gasteiger partial charge in [-0.15, -0.1) is 11.3 Å². The molecule has 1 aliphatic rings. The van der Waals surface area contributed by atoms with Crippen LogP contribution in [0.15, 0.2) is 40.8 Å². The highest BCUT2D eigenvalue weighted by atomic mass is 32.1. The van der Waals surface area contributed by atoms with Crippen LogP contribution in [0.2, 0.25) is 0 Å². The minimum absolute atomic E-state index is 0.0946. The number of amides is 1. The molecular formula is C19H14FN3O5S. The van der Waals surface area contributed by atoms with Gasteiger partial charge in [-0.25, -0.2) is 14.2 Å². The van der Waals surface area contributed by atoms with Crippen LogP contribution in [0.4, 0.5) is 4.39 Å². The van der Waals surface area contributed by atoms with E-state index in [1.54, 1.807) is 5.38 Å². The molecule has 0 saturated carbocycles. The molecule has 0 unspecified atom stereocenters. The first-order valence-corrected chi connectivity index (χ1v) is 9.42. The molecule has 1 amide bonds. The van der Waals surface area contributed by atoms with Crippen molar-refractivity contribution in [1.29, 1.82) is 0 Å². The van der Waals surface area contributed by atoms with E-state index >= 15 is 0 Å². The summed E-state index contributed by atoms with van der Waals surface area (Å²) >= 11 is 1.24. The first-order valence-electron chi connectivity index (χ1n) is 8.54. The number of halogens is 1. The number of aromatic nitrogens is 2. The van der Waals surface area contributed by atoms with Crippen LogP contribution >= 0.6 is 11.3 Å². The number of carbonyl (C=O) groups excluding carboxylic acids is 1. The number of carboxylic acids is 1. The van der Waals surface area contributed by atoms with Gasteiger partial charge in [0, 0.05) is 37.4 Å². The van der Waals surface area contributed by atoms with Crippen molar-refractivity contribution < 1.29 is 24.2 Å².